The van der Waals surface area contributed by atoms with Crippen LogP contribution in [0.1, 0.15) is 36.6 Å². The van der Waals surface area contributed by atoms with Crippen LogP contribution in [0.15, 0.2) is 78.9 Å². The first-order valence-corrected chi connectivity index (χ1v) is 11.3. The molecule has 0 aliphatic carbocycles. The summed E-state index contributed by atoms with van der Waals surface area (Å²) < 4.78 is 49.3. The van der Waals surface area contributed by atoms with Crippen LogP contribution in [0, 0.1) is 17.5 Å². The highest BCUT2D eigenvalue weighted by Crippen LogP contribution is 2.29. The first kappa shape index (κ1) is 24.3. The molecule has 0 radical (unpaired) electrons. The lowest BCUT2D eigenvalue weighted by Gasteiger charge is -2.09. The van der Waals surface area contributed by atoms with Crippen LogP contribution in [0.5, 0.6) is 5.75 Å². The number of benzene rings is 4. The van der Waals surface area contributed by atoms with Crippen molar-refractivity contribution >= 4 is 12.2 Å². The molecule has 2 nitrogen and oxygen atoms in total. The average Bonchev–Trinajstić information content (AvgIpc) is 2.86. The molecule has 4 rings (SSSR count). The van der Waals surface area contributed by atoms with E-state index in [1.807, 2.05) is 6.92 Å². The highest BCUT2D eigenvalue weighted by molar-refractivity contribution is 5.74. The number of aliphatic hydroxyl groups is 1. The molecule has 35 heavy (non-hydrogen) atoms. The molecule has 0 heterocycles. The topological polar surface area (TPSA) is 29.5 Å². The van der Waals surface area contributed by atoms with Gasteiger partial charge in [-0.2, -0.15) is 0 Å². The Morgan fingerprint density at radius 1 is 0.771 bits per heavy atom. The molecule has 1 unspecified atom stereocenters. The van der Waals surface area contributed by atoms with Gasteiger partial charge in [-0.25, -0.2) is 13.2 Å². The summed E-state index contributed by atoms with van der Waals surface area (Å²) in [5.74, 6) is -1.77. The van der Waals surface area contributed by atoms with Gasteiger partial charge < -0.3 is 9.84 Å². The number of aliphatic hydroxyl groups excluding tert-OH is 1. The van der Waals surface area contributed by atoms with Gasteiger partial charge in [0, 0.05) is 22.8 Å². The van der Waals surface area contributed by atoms with Gasteiger partial charge in [0.25, 0.3) is 0 Å². The maximum Gasteiger partial charge on any atom is 0.167 e. The molecule has 0 saturated carbocycles. The standard InChI is InChI=1S/C30H25F3O2/c1-3-35-25-15-17-26(28(31)18-25)22-7-4-20(5-8-22)6-9-24-14-16-27(30(33)29(24)32)23-12-10-21(11-13-23)19(2)34/h4-19,34H,3H2,1-2H3/b9-6+. The number of halogens is 3. The lowest BCUT2D eigenvalue weighted by atomic mass is 9.99. The van der Waals surface area contributed by atoms with Crippen molar-refractivity contribution in [2.24, 2.45) is 0 Å². The third-order valence-corrected chi connectivity index (χ3v) is 5.74. The SMILES string of the molecule is CCOc1ccc(-c2ccc(/C=C/c3ccc(-c4ccc(C(C)O)cc4)c(F)c3F)cc2)c(F)c1. The second-order valence-electron chi connectivity index (χ2n) is 8.16. The summed E-state index contributed by atoms with van der Waals surface area (Å²) in [5.41, 5.74) is 3.41. The maximum atomic E-state index is 14.8. The molecule has 0 fully saturated rings. The molecule has 4 aromatic rings. The summed E-state index contributed by atoms with van der Waals surface area (Å²) in [6, 6.07) is 21.6. The zero-order valence-electron chi connectivity index (χ0n) is 19.4. The Labute approximate surface area is 203 Å². The van der Waals surface area contributed by atoms with Gasteiger partial charge in [-0.1, -0.05) is 72.8 Å². The monoisotopic (exact) mass is 474 g/mol. The number of rotatable bonds is 7. The minimum Gasteiger partial charge on any atom is -0.494 e. The van der Waals surface area contributed by atoms with Crippen LogP contribution in [0.2, 0.25) is 0 Å². The summed E-state index contributed by atoms with van der Waals surface area (Å²) in [6.45, 7) is 3.94. The Morgan fingerprint density at radius 2 is 1.40 bits per heavy atom. The van der Waals surface area contributed by atoms with E-state index in [-0.39, 0.29) is 16.9 Å². The second kappa shape index (κ2) is 10.6. The zero-order chi connectivity index (χ0) is 24.9. The van der Waals surface area contributed by atoms with Crippen LogP contribution in [0.4, 0.5) is 13.2 Å². The van der Waals surface area contributed by atoms with Gasteiger partial charge in [0.1, 0.15) is 11.6 Å². The quantitative estimate of drug-likeness (QED) is 0.275. The van der Waals surface area contributed by atoms with Crippen molar-refractivity contribution in [2.75, 3.05) is 6.61 Å². The predicted molar refractivity (Wildman–Crippen MR) is 134 cm³/mol. The number of ether oxygens (including phenoxy) is 1. The number of hydrogen-bond acceptors (Lipinski definition) is 2. The van der Waals surface area contributed by atoms with Crippen molar-refractivity contribution in [3.8, 4) is 28.0 Å². The van der Waals surface area contributed by atoms with Crippen LogP contribution in [0.3, 0.4) is 0 Å². The summed E-state index contributed by atoms with van der Waals surface area (Å²) in [6.07, 6.45) is 2.55. The third-order valence-electron chi connectivity index (χ3n) is 5.74. The molecule has 178 valence electrons. The van der Waals surface area contributed by atoms with Gasteiger partial charge in [-0.3, -0.25) is 0 Å². The van der Waals surface area contributed by atoms with E-state index in [2.05, 4.69) is 0 Å². The van der Waals surface area contributed by atoms with E-state index in [1.54, 1.807) is 73.7 Å². The van der Waals surface area contributed by atoms with Crippen LogP contribution in [-0.4, -0.2) is 11.7 Å². The predicted octanol–water partition coefficient (Wildman–Crippen LogP) is 8.06. The van der Waals surface area contributed by atoms with Crippen molar-refractivity contribution < 1.29 is 23.0 Å². The van der Waals surface area contributed by atoms with Crippen LogP contribution in [-0.2, 0) is 0 Å². The fourth-order valence-electron chi connectivity index (χ4n) is 3.80. The van der Waals surface area contributed by atoms with Gasteiger partial charge in [0.2, 0.25) is 0 Å². The molecular formula is C30H25F3O2. The van der Waals surface area contributed by atoms with Crippen LogP contribution >= 0.6 is 0 Å². The molecule has 4 aromatic carbocycles. The number of hydrogen-bond donors (Lipinski definition) is 1. The highest BCUT2D eigenvalue weighted by Gasteiger charge is 2.14. The van der Waals surface area contributed by atoms with Gasteiger partial charge >= 0.3 is 0 Å². The summed E-state index contributed by atoms with van der Waals surface area (Å²) >= 11 is 0. The Hall–Kier alpha value is -3.83. The van der Waals surface area contributed by atoms with Crippen molar-refractivity contribution in [3.63, 3.8) is 0 Å². The van der Waals surface area contributed by atoms with Crippen molar-refractivity contribution in [1.29, 1.82) is 0 Å². The Kier molecular flexibility index (Phi) is 7.37. The van der Waals surface area contributed by atoms with Gasteiger partial charge in [-0.05, 0) is 48.2 Å². The van der Waals surface area contributed by atoms with E-state index in [4.69, 9.17) is 4.74 Å². The Morgan fingerprint density at radius 3 is 2.03 bits per heavy atom. The molecular weight excluding hydrogens is 449 g/mol. The first-order chi connectivity index (χ1) is 16.9. The molecule has 0 saturated heterocycles. The van der Waals surface area contributed by atoms with Crippen LogP contribution in [0.25, 0.3) is 34.4 Å². The first-order valence-electron chi connectivity index (χ1n) is 11.3. The molecule has 0 spiro atoms. The van der Waals surface area contributed by atoms with E-state index in [0.717, 1.165) is 5.56 Å². The zero-order valence-corrected chi connectivity index (χ0v) is 19.4. The third kappa shape index (κ3) is 5.47. The highest BCUT2D eigenvalue weighted by atomic mass is 19.2. The fourth-order valence-corrected chi connectivity index (χ4v) is 3.80. The molecule has 0 aliphatic rings. The van der Waals surface area contributed by atoms with Gasteiger partial charge in [-0.15, -0.1) is 0 Å². The Bertz CT molecular complexity index is 1340. The van der Waals surface area contributed by atoms with Crippen molar-refractivity contribution in [1.82, 2.24) is 0 Å². The minimum absolute atomic E-state index is 0.119. The van der Waals surface area contributed by atoms with E-state index >= 15 is 0 Å². The second-order valence-corrected chi connectivity index (χ2v) is 8.16. The molecule has 0 amide bonds. The van der Waals surface area contributed by atoms with Gasteiger partial charge in [0.15, 0.2) is 11.6 Å². The largest absolute Gasteiger partial charge is 0.494 e. The normalized spacial score (nSPS) is 12.2. The molecule has 0 bridgehead atoms. The maximum absolute atomic E-state index is 14.8. The average molecular weight is 475 g/mol. The summed E-state index contributed by atoms with van der Waals surface area (Å²) in [4.78, 5) is 0. The smallest absolute Gasteiger partial charge is 0.167 e. The van der Waals surface area contributed by atoms with E-state index < -0.39 is 17.7 Å². The Balaban J connectivity index is 1.52. The fraction of sp³-hybridized carbons (Fsp3) is 0.133. The molecule has 0 aliphatic heterocycles. The summed E-state index contributed by atoms with van der Waals surface area (Å²) in [5, 5.41) is 9.62. The summed E-state index contributed by atoms with van der Waals surface area (Å²) in [7, 11) is 0. The lowest BCUT2D eigenvalue weighted by molar-refractivity contribution is 0.199. The van der Waals surface area contributed by atoms with Crippen molar-refractivity contribution in [2.45, 2.75) is 20.0 Å². The van der Waals surface area contributed by atoms with Gasteiger partial charge in [0.05, 0.1) is 12.7 Å². The molecule has 1 atom stereocenters. The molecule has 1 N–H and O–H groups in total. The molecule has 5 heteroatoms. The van der Waals surface area contributed by atoms with Crippen LogP contribution < -0.4 is 4.74 Å². The lowest BCUT2D eigenvalue weighted by Crippen LogP contribution is -1.95. The minimum atomic E-state index is -0.938. The van der Waals surface area contributed by atoms with E-state index in [9.17, 15) is 18.3 Å². The van der Waals surface area contributed by atoms with E-state index in [0.29, 0.717) is 34.6 Å². The van der Waals surface area contributed by atoms with E-state index in [1.165, 1.54) is 24.3 Å². The van der Waals surface area contributed by atoms with Crippen molar-refractivity contribution in [3.05, 3.63) is 113 Å². The molecule has 0 aromatic heterocycles.